The highest BCUT2D eigenvalue weighted by molar-refractivity contribution is 7.93. The van der Waals surface area contributed by atoms with Gasteiger partial charge in [0.15, 0.2) is 0 Å². The molecular weight excluding hydrogens is 522 g/mol. The molecule has 1 amide bonds. The molecule has 10 nitrogen and oxygen atoms in total. The first kappa shape index (κ1) is 26.2. The van der Waals surface area contributed by atoms with Crippen LogP contribution >= 0.6 is 11.3 Å². The summed E-state index contributed by atoms with van der Waals surface area (Å²) in [5.41, 5.74) is 0.671. The summed E-state index contributed by atoms with van der Waals surface area (Å²) in [5, 5.41) is 11.3. The quantitative estimate of drug-likeness (QED) is 0.438. The lowest BCUT2D eigenvalue weighted by molar-refractivity contribution is 0.102. The molecule has 0 aliphatic carbocycles. The lowest BCUT2D eigenvalue weighted by atomic mass is 10.0. The van der Waals surface area contributed by atoms with Crippen LogP contribution in [0.15, 0.2) is 58.3 Å². The molecule has 1 unspecified atom stereocenters. The van der Waals surface area contributed by atoms with Gasteiger partial charge in [-0.3, -0.25) is 9.52 Å². The molecule has 0 saturated carbocycles. The van der Waals surface area contributed by atoms with E-state index in [4.69, 9.17) is 0 Å². The number of amides is 1. The van der Waals surface area contributed by atoms with Crippen molar-refractivity contribution in [2.75, 3.05) is 23.1 Å². The number of aryl methyl sites for hydroxylation is 1. The van der Waals surface area contributed by atoms with Crippen LogP contribution in [0.25, 0.3) is 0 Å². The van der Waals surface area contributed by atoms with Gasteiger partial charge in [-0.1, -0.05) is 25.2 Å². The summed E-state index contributed by atoms with van der Waals surface area (Å²) in [6, 6.07) is 11.5. The second-order valence-electron chi connectivity index (χ2n) is 8.57. The summed E-state index contributed by atoms with van der Waals surface area (Å²) < 4.78 is 54.9. The van der Waals surface area contributed by atoms with Gasteiger partial charge in [0, 0.05) is 24.3 Å². The molecule has 36 heavy (non-hydrogen) atoms. The van der Waals surface area contributed by atoms with Crippen LogP contribution in [0.2, 0.25) is 0 Å². The van der Waals surface area contributed by atoms with Crippen LogP contribution in [-0.4, -0.2) is 50.3 Å². The molecule has 0 bridgehead atoms. The van der Waals surface area contributed by atoms with Gasteiger partial charge in [0.1, 0.15) is 5.01 Å². The van der Waals surface area contributed by atoms with E-state index in [2.05, 4.69) is 20.2 Å². The predicted molar refractivity (Wildman–Crippen MR) is 138 cm³/mol. The minimum Gasteiger partial charge on any atom is -0.322 e. The Balaban J connectivity index is 1.40. The molecule has 3 aromatic rings. The highest BCUT2D eigenvalue weighted by Gasteiger charge is 2.28. The Morgan fingerprint density at radius 3 is 2.31 bits per heavy atom. The SMILES string of the molecule is CCc1nnc(NS(=O)(=O)c2ccc(NC(=O)c3ccc(S(=O)(=O)N4CCCC(C)C4)cc3)cc2)s1. The van der Waals surface area contributed by atoms with E-state index in [0.29, 0.717) is 31.1 Å². The van der Waals surface area contributed by atoms with Gasteiger partial charge in [-0.25, -0.2) is 16.8 Å². The molecule has 0 spiro atoms. The topological polar surface area (TPSA) is 138 Å². The maximum Gasteiger partial charge on any atom is 0.263 e. The smallest absolute Gasteiger partial charge is 0.263 e. The highest BCUT2D eigenvalue weighted by Crippen LogP contribution is 2.24. The fourth-order valence-electron chi connectivity index (χ4n) is 3.82. The molecule has 0 radical (unpaired) electrons. The Bertz CT molecular complexity index is 1440. The van der Waals surface area contributed by atoms with E-state index in [9.17, 15) is 21.6 Å². The van der Waals surface area contributed by atoms with Crippen molar-refractivity contribution >= 4 is 48.1 Å². The van der Waals surface area contributed by atoms with Gasteiger partial charge in [-0.15, -0.1) is 10.2 Å². The molecule has 1 aliphatic rings. The van der Waals surface area contributed by atoms with Gasteiger partial charge in [-0.05, 0) is 73.7 Å². The van der Waals surface area contributed by atoms with Gasteiger partial charge >= 0.3 is 0 Å². The number of carbonyl (C=O) groups excluding carboxylic acids is 1. The average molecular weight is 550 g/mol. The second-order valence-corrected chi connectivity index (χ2v) is 13.3. The number of hydrogen-bond donors (Lipinski definition) is 2. The Hall–Kier alpha value is -2.87. The molecular formula is C23H27N5O5S3. The van der Waals surface area contributed by atoms with Crippen molar-refractivity contribution in [3.63, 3.8) is 0 Å². The normalized spacial score (nSPS) is 17.0. The van der Waals surface area contributed by atoms with Crippen LogP contribution in [0.5, 0.6) is 0 Å². The van der Waals surface area contributed by atoms with E-state index in [0.717, 1.165) is 29.2 Å². The van der Waals surface area contributed by atoms with Gasteiger partial charge in [0.05, 0.1) is 9.79 Å². The second kappa shape index (κ2) is 10.6. The summed E-state index contributed by atoms with van der Waals surface area (Å²) in [7, 11) is -7.46. The van der Waals surface area contributed by atoms with E-state index >= 15 is 0 Å². The Labute approximate surface area is 214 Å². The van der Waals surface area contributed by atoms with Gasteiger partial charge < -0.3 is 5.32 Å². The Morgan fingerprint density at radius 1 is 1.03 bits per heavy atom. The number of nitrogens with one attached hydrogen (secondary N) is 2. The van der Waals surface area contributed by atoms with Crippen LogP contribution in [0.4, 0.5) is 10.8 Å². The molecule has 1 aromatic heterocycles. The maximum atomic E-state index is 12.9. The number of nitrogens with zero attached hydrogens (tertiary/aromatic N) is 3. The van der Waals surface area contributed by atoms with Crippen molar-refractivity contribution in [1.82, 2.24) is 14.5 Å². The number of rotatable bonds is 8. The van der Waals surface area contributed by atoms with Crippen molar-refractivity contribution in [1.29, 1.82) is 0 Å². The van der Waals surface area contributed by atoms with Crippen molar-refractivity contribution < 1.29 is 21.6 Å². The van der Waals surface area contributed by atoms with E-state index in [1.807, 2.05) is 13.8 Å². The molecule has 4 rings (SSSR count). The van der Waals surface area contributed by atoms with E-state index in [-0.39, 0.29) is 20.5 Å². The molecule has 192 valence electrons. The molecule has 1 aliphatic heterocycles. The fourth-order valence-corrected chi connectivity index (χ4v) is 7.33. The van der Waals surface area contributed by atoms with Crippen molar-refractivity contribution in [3.8, 4) is 0 Å². The minimum atomic E-state index is -3.85. The lowest BCUT2D eigenvalue weighted by Crippen LogP contribution is -2.39. The zero-order valence-electron chi connectivity index (χ0n) is 19.8. The van der Waals surface area contributed by atoms with Crippen LogP contribution in [-0.2, 0) is 26.5 Å². The molecule has 2 heterocycles. The van der Waals surface area contributed by atoms with Crippen LogP contribution in [0.1, 0.15) is 42.1 Å². The summed E-state index contributed by atoms with van der Waals surface area (Å²) >= 11 is 1.16. The van der Waals surface area contributed by atoms with Crippen molar-refractivity contribution in [2.24, 2.45) is 5.92 Å². The van der Waals surface area contributed by atoms with Gasteiger partial charge in [0.2, 0.25) is 15.2 Å². The Morgan fingerprint density at radius 2 is 1.69 bits per heavy atom. The first-order valence-corrected chi connectivity index (χ1v) is 15.2. The average Bonchev–Trinajstić information content (AvgIpc) is 3.31. The number of sulfonamides is 2. The van der Waals surface area contributed by atoms with E-state index in [1.165, 1.54) is 52.8 Å². The van der Waals surface area contributed by atoms with E-state index < -0.39 is 26.0 Å². The molecule has 13 heteroatoms. The molecule has 1 fully saturated rings. The predicted octanol–water partition coefficient (Wildman–Crippen LogP) is 3.57. The third kappa shape index (κ3) is 5.91. The van der Waals surface area contributed by atoms with Gasteiger partial charge in [0.25, 0.3) is 15.9 Å². The van der Waals surface area contributed by atoms with Crippen LogP contribution < -0.4 is 10.0 Å². The van der Waals surface area contributed by atoms with Crippen molar-refractivity contribution in [2.45, 2.75) is 42.9 Å². The zero-order chi connectivity index (χ0) is 25.9. The number of hydrogen-bond acceptors (Lipinski definition) is 8. The third-order valence-electron chi connectivity index (χ3n) is 5.79. The Kier molecular flexibility index (Phi) is 7.73. The number of aromatic nitrogens is 2. The van der Waals surface area contributed by atoms with Gasteiger partial charge in [-0.2, -0.15) is 4.31 Å². The number of anilines is 2. The standard InChI is InChI=1S/C23H27N5O5S3/c1-3-21-25-26-23(34-21)27-35(30,31)19-12-8-18(9-13-19)24-22(29)17-6-10-20(11-7-17)36(32,33)28-14-4-5-16(2)15-28/h6-13,16H,3-5,14-15H2,1-2H3,(H,24,29)(H,26,27). The van der Waals surface area contributed by atoms with Crippen LogP contribution in [0.3, 0.4) is 0 Å². The van der Waals surface area contributed by atoms with E-state index in [1.54, 1.807) is 0 Å². The van der Waals surface area contributed by atoms with Crippen LogP contribution in [0, 0.1) is 5.92 Å². The minimum absolute atomic E-state index is 0.00957. The monoisotopic (exact) mass is 549 g/mol. The summed E-state index contributed by atoms with van der Waals surface area (Å²) in [6.07, 6.45) is 2.50. The molecule has 1 atom stereocenters. The number of benzene rings is 2. The third-order valence-corrected chi connectivity index (χ3v) is 10.1. The van der Waals surface area contributed by atoms with Crippen molar-refractivity contribution in [3.05, 3.63) is 59.1 Å². The molecule has 1 saturated heterocycles. The first-order valence-electron chi connectivity index (χ1n) is 11.5. The summed E-state index contributed by atoms with van der Waals surface area (Å²) in [5.74, 6) is -0.130. The zero-order valence-corrected chi connectivity index (χ0v) is 22.3. The maximum absolute atomic E-state index is 12.9. The lowest BCUT2D eigenvalue weighted by Gasteiger charge is -2.30. The summed E-state index contributed by atoms with van der Waals surface area (Å²) in [4.78, 5) is 12.8. The molecule has 2 aromatic carbocycles. The first-order chi connectivity index (χ1) is 17.1. The highest BCUT2D eigenvalue weighted by atomic mass is 32.2. The number of carbonyl (C=O) groups is 1. The largest absolute Gasteiger partial charge is 0.322 e. The fraction of sp³-hybridized carbons (Fsp3) is 0.348. The summed E-state index contributed by atoms with van der Waals surface area (Å²) in [6.45, 7) is 4.93. The molecule has 2 N–H and O–H groups in total. The number of piperidine rings is 1.